The van der Waals surface area contributed by atoms with Crippen LogP contribution in [0.15, 0.2) is 60.7 Å². The van der Waals surface area contributed by atoms with E-state index in [1.807, 2.05) is 0 Å². The highest BCUT2D eigenvalue weighted by molar-refractivity contribution is 6.37. The molecule has 0 bridgehead atoms. The van der Waals surface area contributed by atoms with Gasteiger partial charge in [-0.1, -0.05) is 41.4 Å². The SMILES string of the molecule is O=C(Nc1cc(C(=O)N2CCCCC2)cc(-c2ccccc2C(=O)NO)c1)c1ccc(Cl)cc1Cl. The number of piperidine rings is 1. The molecule has 180 valence electrons. The van der Waals surface area contributed by atoms with Crippen molar-refractivity contribution >= 4 is 46.6 Å². The van der Waals surface area contributed by atoms with Crippen LogP contribution >= 0.6 is 23.2 Å². The normalized spacial score (nSPS) is 13.3. The molecule has 0 aromatic heterocycles. The monoisotopic (exact) mass is 511 g/mol. The number of hydrogen-bond acceptors (Lipinski definition) is 4. The minimum absolute atomic E-state index is 0.157. The van der Waals surface area contributed by atoms with Gasteiger partial charge in [-0.25, -0.2) is 5.48 Å². The molecule has 3 aromatic carbocycles. The second-order valence-corrected chi connectivity index (χ2v) is 9.06. The van der Waals surface area contributed by atoms with E-state index in [0.717, 1.165) is 19.3 Å². The first kappa shape index (κ1) is 24.7. The lowest BCUT2D eigenvalue weighted by molar-refractivity contribution is 0.0705. The third-order valence-electron chi connectivity index (χ3n) is 5.84. The summed E-state index contributed by atoms with van der Waals surface area (Å²) in [7, 11) is 0. The molecule has 0 atom stereocenters. The molecule has 35 heavy (non-hydrogen) atoms. The van der Waals surface area contributed by atoms with Crippen molar-refractivity contribution in [1.82, 2.24) is 10.4 Å². The predicted molar refractivity (Wildman–Crippen MR) is 135 cm³/mol. The highest BCUT2D eigenvalue weighted by Crippen LogP contribution is 2.30. The highest BCUT2D eigenvalue weighted by Gasteiger charge is 2.21. The second kappa shape index (κ2) is 10.9. The van der Waals surface area contributed by atoms with Gasteiger partial charge < -0.3 is 10.2 Å². The summed E-state index contributed by atoms with van der Waals surface area (Å²) in [6.45, 7) is 1.32. The van der Waals surface area contributed by atoms with Crippen LogP contribution in [-0.4, -0.2) is 40.9 Å². The van der Waals surface area contributed by atoms with E-state index in [1.54, 1.807) is 58.9 Å². The standard InChI is InChI=1S/C26H23Cl2N3O4/c27-18-8-9-22(23(28)15-18)24(32)29-19-13-16(20-6-2-3-7-21(20)25(33)30-35)12-17(14-19)26(34)31-10-4-1-5-11-31/h2-3,6-9,12-15,35H,1,4-5,10-11H2,(H,29,32)(H,30,33). The average Bonchev–Trinajstić information content (AvgIpc) is 2.88. The zero-order chi connectivity index (χ0) is 24.9. The smallest absolute Gasteiger partial charge is 0.275 e. The van der Waals surface area contributed by atoms with Gasteiger partial charge in [-0.05, 0) is 72.9 Å². The van der Waals surface area contributed by atoms with Gasteiger partial charge in [0.2, 0.25) is 0 Å². The quantitative estimate of drug-likeness (QED) is 0.304. The summed E-state index contributed by atoms with van der Waals surface area (Å²) in [5.74, 6) is -1.32. The molecular weight excluding hydrogens is 489 g/mol. The molecule has 1 aliphatic rings. The lowest BCUT2D eigenvalue weighted by Gasteiger charge is -2.27. The number of likely N-dealkylation sites (tertiary alicyclic amines) is 1. The molecule has 1 aliphatic heterocycles. The summed E-state index contributed by atoms with van der Waals surface area (Å²) in [6, 6.07) is 16.2. The van der Waals surface area contributed by atoms with Crippen molar-refractivity contribution in [3.63, 3.8) is 0 Å². The molecule has 0 aliphatic carbocycles. The fourth-order valence-electron chi connectivity index (χ4n) is 4.12. The third-order valence-corrected chi connectivity index (χ3v) is 6.39. The van der Waals surface area contributed by atoms with Crippen LogP contribution in [0, 0.1) is 0 Å². The molecule has 3 amide bonds. The van der Waals surface area contributed by atoms with E-state index in [2.05, 4.69) is 5.32 Å². The van der Waals surface area contributed by atoms with Gasteiger partial charge in [0.25, 0.3) is 17.7 Å². The number of rotatable bonds is 5. The first-order valence-corrected chi connectivity index (χ1v) is 11.9. The Morgan fingerprint density at radius 1 is 0.829 bits per heavy atom. The van der Waals surface area contributed by atoms with Crippen LogP contribution in [0.3, 0.4) is 0 Å². The van der Waals surface area contributed by atoms with Crippen LogP contribution in [0.2, 0.25) is 10.0 Å². The number of nitrogens with zero attached hydrogens (tertiary/aromatic N) is 1. The average molecular weight is 512 g/mol. The van der Waals surface area contributed by atoms with Crippen molar-refractivity contribution in [2.45, 2.75) is 19.3 Å². The number of amides is 3. The van der Waals surface area contributed by atoms with Crippen molar-refractivity contribution in [3.8, 4) is 11.1 Å². The maximum absolute atomic E-state index is 13.3. The molecular formula is C26H23Cl2N3O4. The molecule has 1 heterocycles. The fourth-order valence-corrected chi connectivity index (χ4v) is 4.62. The van der Waals surface area contributed by atoms with E-state index >= 15 is 0 Å². The molecule has 0 radical (unpaired) electrons. The van der Waals surface area contributed by atoms with E-state index in [0.29, 0.717) is 40.5 Å². The Morgan fingerprint density at radius 3 is 2.29 bits per heavy atom. The van der Waals surface area contributed by atoms with Crippen molar-refractivity contribution in [2.24, 2.45) is 0 Å². The van der Waals surface area contributed by atoms with Crippen LogP contribution < -0.4 is 10.8 Å². The minimum Gasteiger partial charge on any atom is -0.339 e. The number of hydroxylamine groups is 1. The van der Waals surface area contributed by atoms with Crippen LogP contribution in [-0.2, 0) is 0 Å². The molecule has 0 saturated carbocycles. The van der Waals surface area contributed by atoms with Gasteiger partial charge in [-0.3, -0.25) is 19.6 Å². The Balaban J connectivity index is 1.77. The van der Waals surface area contributed by atoms with E-state index in [4.69, 9.17) is 23.2 Å². The third kappa shape index (κ3) is 5.65. The Bertz CT molecular complexity index is 1290. The van der Waals surface area contributed by atoms with Crippen LogP contribution in [0.4, 0.5) is 5.69 Å². The molecule has 7 nitrogen and oxygen atoms in total. The molecule has 3 N–H and O–H groups in total. The number of hydrogen-bond donors (Lipinski definition) is 3. The maximum atomic E-state index is 13.3. The fraction of sp³-hybridized carbons (Fsp3) is 0.192. The van der Waals surface area contributed by atoms with Crippen LogP contribution in [0.5, 0.6) is 0 Å². The summed E-state index contributed by atoms with van der Waals surface area (Å²) in [6.07, 6.45) is 2.95. The maximum Gasteiger partial charge on any atom is 0.275 e. The van der Waals surface area contributed by atoms with Gasteiger partial charge >= 0.3 is 0 Å². The van der Waals surface area contributed by atoms with Gasteiger partial charge in [-0.2, -0.15) is 0 Å². The lowest BCUT2D eigenvalue weighted by atomic mass is 9.96. The largest absolute Gasteiger partial charge is 0.339 e. The first-order valence-electron chi connectivity index (χ1n) is 11.1. The molecule has 9 heteroatoms. The minimum atomic E-state index is -0.688. The highest BCUT2D eigenvalue weighted by atomic mass is 35.5. The molecule has 3 aromatic rings. The van der Waals surface area contributed by atoms with Gasteiger partial charge in [0.05, 0.1) is 10.6 Å². The summed E-state index contributed by atoms with van der Waals surface area (Å²) in [4.78, 5) is 40.3. The van der Waals surface area contributed by atoms with E-state index in [9.17, 15) is 19.6 Å². The van der Waals surface area contributed by atoms with Crippen LogP contribution in [0.1, 0.15) is 50.3 Å². The van der Waals surface area contributed by atoms with Crippen molar-refractivity contribution < 1.29 is 19.6 Å². The summed E-state index contributed by atoms with van der Waals surface area (Å²) in [5.41, 5.74) is 3.86. The topological polar surface area (TPSA) is 98.7 Å². The molecule has 0 spiro atoms. The number of nitrogens with one attached hydrogen (secondary N) is 2. The van der Waals surface area contributed by atoms with Crippen molar-refractivity contribution in [3.05, 3.63) is 87.4 Å². The number of halogens is 2. The Kier molecular flexibility index (Phi) is 7.70. The van der Waals surface area contributed by atoms with Gasteiger partial charge in [0.1, 0.15) is 0 Å². The number of anilines is 1. The molecule has 1 saturated heterocycles. The summed E-state index contributed by atoms with van der Waals surface area (Å²) in [5, 5.41) is 12.6. The summed E-state index contributed by atoms with van der Waals surface area (Å²) < 4.78 is 0. The van der Waals surface area contributed by atoms with E-state index < -0.39 is 11.8 Å². The van der Waals surface area contributed by atoms with E-state index in [1.165, 1.54) is 12.1 Å². The van der Waals surface area contributed by atoms with Crippen LogP contribution in [0.25, 0.3) is 11.1 Å². The first-order chi connectivity index (χ1) is 16.9. The van der Waals surface area contributed by atoms with Gasteiger partial charge in [-0.15, -0.1) is 0 Å². The molecule has 4 rings (SSSR count). The predicted octanol–water partition coefficient (Wildman–Crippen LogP) is 5.66. The zero-order valence-corrected chi connectivity index (χ0v) is 20.2. The van der Waals surface area contributed by atoms with Gasteiger partial charge in [0.15, 0.2) is 0 Å². The molecule has 1 fully saturated rings. The lowest BCUT2D eigenvalue weighted by Crippen LogP contribution is -2.35. The Hall–Kier alpha value is -3.39. The summed E-state index contributed by atoms with van der Waals surface area (Å²) >= 11 is 12.1. The Labute approximate surface area is 212 Å². The zero-order valence-electron chi connectivity index (χ0n) is 18.7. The van der Waals surface area contributed by atoms with Gasteiger partial charge in [0, 0.05) is 34.9 Å². The number of carbonyl (C=O) groups excluding carboxylic acids is 3. The number of carbonyl (C=O) groups is 3. The van der Waals surface area contributed by atoms with Crippen molar-refractivity contribution in [1.29, 1.82) is 0 Å². The van der Waals surface area contributed by atoms with Crippen molar-refractivity contribution in [2.75, 3.05) is 18.4 Å². The number of benzene rings is 3. The molecule has 0 unspecified atom stereocenters. The van der Waals surface area contributed by atoms with E-state index in [-0.39, 0.29) is 22.1 Å². The second-order valence-electron chi connectivity index (χ2n) is 8.22. The Morgan fingerprint density at radius 2 is 1.57 bits per heavy atom.